The second kappa shape index (κ2) is 6.62. The Morgan fingerprint density at radius 3 is 2.27 bits per heavy atom. The predicted molar refractivity (Wildman–Crippen MR) is 50.6 cm³/mol. The minimum atomic E-state index is 0.620. The van der Waals surface area contributed by atoms with Crippen molar-refractivity contribution >= 4 is 0 Å². The van der Waals surface area contributed by atoms with Crippen molar-refractivity contribution < 1.29 is 0 Å². The molecular weight excluding hydrogens is 136 g/mol. The van der Waals surface area contributed by atoms with Crippen molar-refractivity contribution in [3.05, 3.63) is 0 Å². The molecule has 0 bridgehead atoms. The summed E-state index contributed by atoms with van der Waals surface area (Å²) in [4.78, 5) is 0. The number of rotatable bonds is 6. The average molecular weight is 158 g/mol. The molecule has 0 heterocycles. The van der Waals surface area contributed by atoms with Crippen molar-refractivity contribution in [2.75, 3.05) is 13.6 Å². The molecule has 0 aromatic heterocycles. The van der Waals surface area contributed by atoms with Gasteiger partial charge in [0, 0.05) is 6.04 Å². The minimum absolute atomic E-state index is 0.620. The molecule has 0 aromatic carbocycles. The van der Waals surface area contributed by atoms with Crippen LogP contribution in [0.15, 0.2) is 0 Å². The summed E-state index contributed by atoms with van der Waals surface area (Å²) >= 11 is 0. The molecule has 11 heavy (non-hydrogen) atoms. The summed E-state index contributed by atoms with van der Waals surface area (Å²) in [6.07, 6.45) is 3.66. The van der Waals surface area contributed by atoms with E-state index in [1.807, 2.05) is 7.05 Å². The number of nitrogens with two attached hydrogens (primary N) is 1. The predicted octanol–water partition coefficient (Wildman–Crippen LogP) is 1.36. The lowest BCUT2D eigenvalue weighted by Crippen LogP contribution is -2.37. The van der Waals surface area contributed by atoms with Gasteiger partial charge in [-0.25, -0.2) is 0 Å². The minimum Gasteiger partial charge on any atom is -0.330 e. The summed E-state index contributed by atoms with van der Waals surface area (Å²) in [6, 6.07) is 0.620. The molecule has 0 aromatic rings. The summed E-state index contributed by atoms with van der Waals surface area (Å²) in [7, 11) is 2.03. The van der Waals surface area contributed by atoms with E-state index >= 15 is 0 Å². The molecule has 0 radical (unpaired) electrons. The first kappa shape index (κ1) is 10.9. The third-order valence-corrected chi connectivity index (χ3v) is 2.37. The molecule has 2 heteroatoms. The fourth-order valence-corrected chi connectivity index (χ4v) is 1.54. The summed E-state index contributed by atoms with van der Waals surface area (Å²) < 4.78 is 0. The zero-order valence-electron chi connectivity index (χ0n) is 8.06. The highest BCUT2D eigenvalue weighted by molar-refractivity contribution is 4.74. The first-order chi connectivity index (χ1) is 5.29. The maximum atomic E-state index is 5.65. The standard InChI is InChI=1S/C9H22N2/c1-4-6-9(11-3)8(5-2)7-10/h8-9,11H,4-7,10H2,1-3H3/t8-,9+/m0/s1. The molecule has 0 rings (SSSR count). The smallest absolute Gasteiger partial charge is 0.0104 e. The van der Waals surface area contributed by atoms with Gasteiger partial charge < -0.3 is 11.1 Å². The molecular formula is C9H22N2. The Morgan fingerprint density at radius 1 is 1.36 bits per heavy atom. The van der Waals surface area contributed by atoms with Crippen LogP contribution in [0.2, 0.25) is 0 Å². The Labute approximate surface area is 70.5 Å². The van der Waals surface area contributed by atoms with E-state index in [2.05, 4.69) is 19.2 Å². The molecule has 68 valence electrons. The van der Waals surface area contributed by atoms with Gasteiger partial charge >= 0.3 is 0 Å². The molecule has 0 amide bonds. The molecule has 2 atom stereocenters. The van der Waals surface area contributed by atoms with Gasteiger partial charge in [-0.3, -0.25) is 0 Å². The van der Waals surface area contributed by atoms with Gasteiger partial charge in [0.25, 0.3) is 0 Å². The van der Waals surface area contributed by atoms with Crippen LogP contribution in [0.1, 0.15) is 33.1 Å². The number of hydrogen-bond donors (Lipinski definition) is 2. The second-order valence-electron chi connectivity index (χ2n) is 3.09. The van der Waals surface area contributed by atoms with Crippen LogP contribution in [0.5, 0.6) is 0 Å². The van der Waals surface area contributed by atoms with Crippen molar-refractivity contribution in [2.24, 2.45) is 11.7 Å². The van der Waals surface area contributed by atoms with E-state index in [1.165, 1.54) is 19.3 Å². The third-order valence-electron chi connectivity index (χ3n) is 2.37. The highest BCUT2D eigenvalue weighted by Crippen LogP contribution is 2.11. The molecule has 0 saturated heterocycles. The molecule has 0 saturated carbocycles. The molecule has 0 aliphatic heterocycles. The molecule has 0 aliphatic carbocycles. The van der Waals surface area contributed by atoms with Gasteiger partial charge in [0.1, 0.15) is 0 Å². The van der Waals surface area contributed by atoms with Crippen LogP contribution in [0.4, 0.5) is 0 Å². The molecule has 0 aliphatic rings. The quantitative estimate of drug-likeness (QED) is 0.612. The Morgan fingerprint density at radius 2 is 2.00 bits per heavy atom. The van der Waals surface area contributed by atoms with E-state index in [0.29, 0.717) is 12.0 Å². The van der Waals surface area contributed by atoms with E-state index in [1.54, 1.807) is 0 Å². The Hall–Kier alpha value is -0.0800. The topological polar surface area (TPSA) is 38.0 Å². The van der Waals surface area contributed by atoms with Crippen molar-refractivity contribution in [2.45, 2.75) is 39.2 Å². The highest BCUT2D eigenvalue weighted by atomic mass is 14.9. The lowest BCUT2D eigenvalue weighted by molar-refractivity contribution is 0.348. The first-order valence-electron chi connectivity index (χ1n) is 4.67. The first-order valence-corrected chi connectivity index (χ1v) is 4.67. The van der Waals surface area contributed by atoms with Crippen LogP contribution in [-0.2, 0) is 0 Å². The van der Waals surface area contributed by atoms with E-state index in [4.69, 9.17) is 5.73 Å². The number of hydrogen-bond acceptors (Lipinski definition) is 2. The summed E-state index contributed by atoms with van der Waals surface area (Å²) in [5, 5.41) is 3.32. The normalized spacial score (nSPS) is 16.4. The monoisotopic (exact) mass is 158 g/mol. The zero-order chi connectivity index (χ0) is 8.69. The van der Waals surface area contributed by atoms with Crippen LogP contribution in [0.25, 0.3) is 0 Å². The maximum Gasteiger partial charge on any atom is 0.0104 e. The average Bonchev–Trinajstić information content (AvgIpc) is 2.05. The van der Waals surface area contributed by atoms with Crippen LogP contribution < -0.4 is 11.1 Å². The van der Waals surface area contributed by atoms with Crippen molar-refractivity contribution in [3.63, 3.8) is 0 Å². The molecule has 3 N–H and O–H groups in total. The van der Waals surface area contributed by atoms with Crippen LogP contribution in [0.3, 0.4) is 0 Å². The second-order valence-corrected chi connectivity index (χ2v) is 3.09. The maximum absolute atomic E-state index is 5.65. The van der Waals surface area contributed by atoms with Gasteiger partial charge in [0.05, 0.1) is 0 Å². The largest absolute Gasteiger partial charge is 0.330 e. The molecule has 0 unspecified atom stereocenters. The van der Waals surface area contributed by atoms with Crippen LogP contribution >= 0.6 is 0 Å². The SMILES string of the molecule is CCC[C@@H](NC)[C@@H](CC)CN. The fraction of sp³-hybridized carbons (Fsp3) is 1.00. The molecule has 0 spiro atoms. The van der Waals surface area contributed by atoms with E-state index in [0.717, 1.165) is 6.54 Å². The van der Waals surface area contributed by atoms with Gasteiger partial charge in [-0.15, -0.1) is 0 Å². The van der Waals surface area contributed by atoms with Gasteiger partial charge in [-0.2, -0.15) is 0 Å². The fourth-order valence-electron chi connectivity index (χ4n) is 1.54. The summed E-state index contributed by atoms with van der Waals surface area (Å²) in [5.74, 6) is 0.653. The Kier molecular flexibility index (Phi) is 6.57. The van der Waals surface area contributed by atoms with Crippen molar-refractivity contribution in [3.8, 4) is 0 Å². The lowest BCUT2D eigenvalue weighted by Gasteiger charge is -2.23. The van der Waals surface area contributed by atoms with Gasteiger partial charge in [-0.05, 0) is 25.9 Å². The van der Waals surface area contributed by atoms with Crippen LogP contribution in [0, 0.1) is 5.92 Å². The highest BCUT2D eigenvalue weighted by Gasteiger charge is 2.14. The third kappa shape index (κ3) is 3.73. The van der Waals surface area contributed by atoms with E-state index in [9.17, 15) is 0 Å². The van der Waals surface area contributed by atoms with Crippen molar-refractivity contribution in [1.29, 1.82) is 0 Å². The Bertz CT molecular complexity index is 79.6. The Balaban J connectivity index is 3.76. The van der Waals surface area contributed by atoms with Gasteiger partial charge in [0.2, 0.25) is 0 Å². The van der Waals surface area contributed by atoms with Gasteiger partial charge in [0.15, 0.2) is 0 Å². The molecule has 0 fully saturated rings. The molecule has 2 nitrogen and oxygen atoms in total. The van der Waals surface area contributed by atoms with E-state index in [-0.39, 0.29) is 0 Å². The zero-order valence-corrected chi connectivity index (χ0v) is 8.06. The van der Waals surface area contributed by atoms with Gasteiger partial charge in [-0.1, -0.05) is 26.7 Å². The van der Waals surface area contributed by atoms with Crippen molar-refractivity contribution in [1.82, 2.24) is 5.32 Å². The lowest BCUT2D eigenvalue weighted by atomic mass is 9.94. The number of nitrogens with one attached hydrogen (secondary N) is 1. The van der Waals surface area contributed by atoms with E-state index < -0.39 is 0 Å². The summed E-state index contributed by atoms with van der Waals surface area (Å²) in [6.45, 7) is 5.23. The summed E-state index contributed by atoms with van der Waals surface area (Å²) in [5.41, 5.74) is 5.65. The van der Waals surface area contributed by atoms with Crippen LogP contribution in [-0.4, -0.2) is 19.6 Å².